The molecule has 1 aromatic carbocycles. The minimum Gasteiger partial charge on any atom is -0.353 e. The monoisotopic (exact) mass is 405 g/mol. The number of fused-ring (bicyclic) bond motifs is 1. The molecule has 0 spiro atoms. The van der Waals surface area contributed by atoms with Gasteiger partial charge in [-0.15, -0.1) is 0 Å². The molecule has 10 nitrogen and oxygen atoms in total. The SMILES string of the molecule is Cc1n[nH]c(C)c1S(=O)(=O)NCCNC(=O)CN1C(=O)c2ccccc2C1=O. The molecule has 3 rings (SSSR count). The Morgan fingerprint density at radius 3 is 2.25 bits per heavy atom. The average Bonchev–Trinajstić information content (AvgIpc) is 3.11. The van der Waals surface area contributed by atoms with Crippen molar-refractivity contribution in [2.24, 2.45) is 0 Å². The fourth-order valence-electron chi connectivity index (χ4n) is 2.98. The van der Waals surface area contributed by atoms with Gasteiger partial charge in [-0.2, -0.15) is 5.10 Å². The Balaban J connectivity index is 1.51. The van der Waals surface area contributed by atoms with Gasteiger partial charge in [0.1, 0.15) is 11.4 Å². The number of aromatic amines is 1. The summed E-state index contributed by atoms with van der Waals surface area (Å²) in [5.41, 5.74) is 1.29. The first-order valence-electron chi connectivity index (χ1n) is 8.45. The first-order chi connectivity index (χ1) is 13.2. The Morgan fingerprint density at radius 2 is 1.71 bits per heavy atom. The van der Waals surface area contributed by atoms with Crippen molar-refractivity contribution in [3.8, 4) is 0 Å². The first kappa shape index (κ1) is 19.7. The van der Waals surface area contributed by atoms with E-state index < -0.39 is 34.3 Å². The summed E-state index contributed by atoms with van der Waals surface area (Å²) in [6, 6.07) is 6.34. The molecular formula is C17H19N5O5S. The van der Waals surface area contributed by atoms with Gasteiger partial charge in [0.15, 0.2) is 0 Å². The molecule has 1 aliphatic rings. The number of amides is 3. The maximum Gasteiger partial charge on any atom is 0.262 e. The molecule has 1 aromatic heterocycles. The molecule has 0 saturated carbocycles. The van der Waals surface area contributed by atoms with Gasteiger partial charge in [-0.1, -0.05) is 12.1 Å². The highest BCUT2D eigenvalue weighted by Crippen LogP contribution is 2.21. The maximum absolute atomic E-state index is 12.3. The lowest BCUT2D eigenvalue weighted by Gasteiger charge is -2.14. The zero-order valence-electron chi connectivity index (χ0n) is 15.3. The molecule has 148 valence electrons. The predicted molar refractivity (Wildman–Crippen MR) is 98.1 cm³/mol. The zero-order chi connectivity index (χ0) is 20.5. The number of hydrogen-bond acceptors (Lipinski definition) is 6. The van der Waals surface area contributed by atoms with Crippen molar-refractivity contribution in [2.75, 3.05) is 19.6 Å². The molecule has 3 N–H and O–H groups in total. The van der Waals surface area contributed by atoms with Gasteiger partial charge < -0.3 is 5.32 Å². The number of carbonyl (C=O) groups is 3. The molecule has 0 atom stereocenters. The molecule has 2 aromatic rings. The highest BCUT2D eigenvalue weighted by Gasteiger charge is 2.36. The van der Waals surface area contributed by atoms with E-state index in [0.717, 1.165) is 4.90 Å². The average molecular weight is 405 g/mol. The molecule has 0 unspecified atom stereocenters. The number of nitrogens with one attached hydrogen (secondary N) is 3. The Morgan fingerprint density at radius 1 is 1.11 bits per heavy atom. The summed E-state index contributed by atoms with van der Waals surface area (Å²) in [5.74, 6) is -1.62. The highest BCUT2D eigenvalue weighted by molar-refractivity contribution is 7.89. The van der Waals surface area contributed by atoms with E-state index in [4.69, 9.17) is 0 Å². The lowest BCUT2D eigenvalue weighted by atomic mass is 10.1. The van der Waals surface area contributed by atoms with Crippen LogP contribution < -0.4 is 10.0 Å². The van der Waals surface area contributed by atoms with Crippen LogP contribution in [0, 0.1) is 13.8 Å². The second kappa shape index (κ2) is 7.52. The van der Waals surface area contributed by atoms with Crippen LogP contribution >= 0.6 is 0 Å². The van der Waals surface area contributed by atoms with Crippen LogP contribution in [0.4, 0.5) is 0 Å². The van der Waals surface area contributed by atoms with Crippen LogP contribution in [-0.4, -0.2) is 60.9 Å². The first-order valence-corrected chi connectivity index (χ1v) is 9.94. The predicted octanol–water partition coefficient (Wildman–Crippen LogP) is -0.283. The molecule has 0 aliphatic carbocycles. The molecule has 0 radical (unpaired) electrons. The third-order valence-corrected chi connectivity index (χ3v) is 5.97. The molecule has 28 heavy (non-hydrogen) atoms. The number of carbonyl (C=O) groups excluding carboxylic acids is 3. The van der Waals surface area contributed by atoms with Crippen molar-refractivity contribution < 1.29 is 22.8 Å². The van der Waals surface area contributed by atoms with E-state index in [-0.39, 0.29) is 29.1 Å². The van der Waals surface area contributed by atoms with E-state index >= 15 is 0 Å². The van der Waals surface area contributed by atoms with Crippen LogP contribution in [0.1, 0.15) is 32.1 Å². The van der Waals surface area contributed by atoms with Crippen molar-refractivity contribution in [1.29, 1.82) is 0 Å². The van der Waals surface area contributed by atoms with Crippen LogP contribution in [0.15, 0.2) is 29.2 Å². The fraction of sp³-hybridized carbons (Fsp3) is 0.294. The molecular weight excluding hydrogens is 386 g/mol. The summed E-state index contributed by atoms with van der Waals surface area (Å²) in [6.07, 6.45) is 0. The van der Waals surface area contributed by atoms with Crippen LogP contribution in [-0.2, 0) is 14.8 Å². The summed E-state index contributed by atoms with van der Waals surface area (Å²) in [5, 5.41) is 8.93. The van der Waals surface area contributed by atoms with Gasteiger partial charge in [0, 0.05) is 13.1 Å². The van der Waals surface area contributed by atoms with Gasteiger partial charge in [0.05, 0.1) is 22.5 Å². The van der Waals surface area contributed by atoms with Crippen molar-refractivity contribution in [2.45, 2.75) is 18.7 Å². The topological polar surface area (TPSA) is 141 Å². The molecule has 0 bridgehead atoms. The van der Waals surface area contributed by atoms with Gasteiger partial charge in [-0.05, 0) is 26.0 Å². The Labute approximate surface area is 161 Å². The summed E-state index contributed by atoms with van der Waals surface area (Å²) in [4.78, 5) is 37.4. The molecule has 3 amide bonds. The van der Waals surface area contributed by atoms with E-state index in [9.17, 15) is 22.8 Å². The third kappa shape index (κ3) is 3.66. The maximum atomic E-state index is 12.3. The zero-order valence-corrected chi connectivity index (χ0v) is 16.1. The van der Waals surface area contributed by atoms with E-state index in [1.807, 2.05) is 0 Å². The van der Waals surface area contributed by atoms with Gasteiger partial charge >= 0.3 is 0 Å². The number of hydrogen-bond donors (Lipinski definition) is 3. The smallest absolute Gasteiger partial charge is 0.262 e. The number of nitrogens with zero attached hydrogens (tertiary/aromatic N) is 2. The molecule has 11 heteroatoms. The van der Waals surface area contributed by atoms with Crippen molar-refractivity contribution in [3.05, 3.63) is 46.8 Å². The highest BCUT2D eigenvalue weighted by atomic mass is 32.2. The molecule has 0 fully saturated rings. The quantitative estimate of drug-likeness (QED) is 0.427. The van der Waals surface area contributed by atoms with E-state index in [1.54, 1.807) is 26.0 Å². The lowest BCUT2D eigenvalue weighted by molar-refractivity contribution is -0.121. The number of benzene rings is 1. The number of aryl methyl sites for hydroxylation is 2. The van der Waals surface area contributed by atoms with Gasteiger partial charge in [0.25, 0.3) is 11.8 Å². The largest absolute Gasteiger partial charge is 0.353 e. The Hall–Kier alpha value is -3.05. The van der Waals surface area contributed by atoms with Crippen LogP contribution in [0.2, 0.25) is 0 Å². The third-order valence-electron chi connectivity index (χ3n) is 4.25. The standard InChI is InChI=1S/C17H19N5O5S/c1-10-15(11(2)21-20-10)28(26,27)19-8-7-18-14(23)9-22-16(24)12-5-3-4-6-13(12)17(22)25/h3-6,19H,7-9H2,1-2H3,(H,18,23)(H,20,21). The number of aromatic nitrogens is 2. The number of rotatable bonds is 7. The minimum atomic E-state index is -3.77. The van der Waals surface area contributed by atoms with Crippen molar-refractivity contribution in [1.82, 2.24) is 25.1 Å². The van der Waals surface area contributed by atoms with Crippen molar-refractivity contribution in [3.63, 3.8) is 0 Å². The van der Waals surface area contributed by atoms with Crippen LogP contribution in [0.3, 0.4) is 0 Å². The second-order valence-corrected chi connectivity index (χ2v) is 7.96. The number of imide groups is 1. The minimum absolute atomic E-state index is 0.00280. The number of sulfonamides is 1. The second-order valence-electron chi connectivity index (χ2n) is 6.25. The normalized spacial score (nSPS) is 13.7. The van der Waals surface area contributed by atoms with Crippen molar-refractivity contribution >= 4 is 27.7 Å². The Bertz CT molecular complexity index is 1010. The summed E-state index contributed by atoms with van der Waals surface area (Å²) < 4.78 is 27.0. The molecule has 2 heterocycles. The fourth-order valence-corrected chi connectivity index (χ4v) is 4.38. The lowest BCUT2D eigenvalue weighted by Crippen LogP contribution is -2.42. The summed E-state index contributed by atoms with van der Waals surface area (Å²) in [6.45, 7) is 2.68. The molecule has 1 aliphatic heterocycles. The van der Waals surface area contributed by atoms with Gasteiger partial charge in [-0.25, -0.2) is 13.1 Å². The van der Waals surface area contributed by atoms with Gasteiger partial charge in [0.2, 0.25) is 15.9 Å². The Kier molecular flexibility index (Phi) is 5.29. The van der Waals surface area contributed by atoms with Crippen LogP contribution in [0.25, 0.3) is 0 Å². The van der Waals surface area contributed by atoms with Gasteiger partial charge in [-0.3, -0.25) is 24.4 Å². The number of H-pyrrole nitrogens is 1. The van der Waals surface area contributed by atoms with Crippen LogP contribution in [0.5, 0.6) is 0 Å². The summed E-state index contributed by atoms with van der Waals surface area (Å²) >= 11 is 0. The molecule has 0 saturated heterocycles. The van der Waals surface area contributed by atoms with E-state index in [2.05, 4.69) is 20.2 Å². The van der Waals surface area contributed by atoms with E-state index in [1.165, 1.54) is 12.1 Å². The summed E-state index contributed by atoms with van der Waals surface area (Å²) in [7, 11) is -3.77. The van der Waals surface area contributed by atoms with E-state index in [0.29, 0.717) is 11.4 Å².